The largest absolute Gasteiger partial charge is 0.295 e. The number of sulfonamides is 1. The summed E-state index contributed by atoms with van der Waals surface area (Å²) in [4.78, 5) is 11.5. The van der Waals surface area contributed by atoms with Crippen LogP contribution in [0.2, 0.25) is 0 Å². The molecule has 0 fully saturated rings. The predicted octanol–water partition coefficient (Wildman–Crippen LogP) is 2.67. The van der Waals surface area contributed by atoms with Gasteiger partial charge in [-0.15, -0.1) is 0 Å². The number of unbranched alkanes of at least 4 members (excludes halogenated alkanes) is 2. The van der Waals surface area contributed by atoms with Crippen molar-refractivity contribution in [2.45, 2.75) is 44.9 Å². The molecule has 0 amide bonds. The Balaban J connectivity index is 2.94. The summed E-state index contributed by atoms with van der Waals surface area (Å²) in [7, 11) is -3.53. The van der Waals surface area contributed by atoms with Crippen molar-refractivity contribution in [1.82, 2.24) is 4.72 Å². The first-order valence-corrected chi connectivity index (χ1v) is 7.98. The van der Waals surface area contributed by atoms with Crippen LogP contribution in [0.1, 0.15) is 49.0 Å². The smallest absolute Gasteiger partial charge is 0.240 e. The van der Waals surface area contributed by atoms with E-state index in [-0.39, 0.29) is 10.7 Å². The van der Waals surface area contributed by atoms with E-state index in [1.807, 2.05) is 0 Å². The van der Waals surface area contributed by atoms with Gasteiger partial charge in [-0.05, 0) is 31.9 Å². The number of carbonyl (C=O) groups excluding carboxylic acids is 1. The Hall–Kier alpha value is -1.20. The average molecular weight is 283 g/mol. The summed E-state index contributed by atoms with van der Waals surface area (Å²) < 4.78 is 26.9. The van der Waals surface area contributed by atoms with Crippen molar-refractivity contribution >= 4 is 15.8 Å². The van der Waals surface area contributed by atoms with Crippen LogP contribution in [-0.2, 0) is 10.0 Å². The highest BCUT2D eigenvalue weighted by Gasteiger charge is 2.17. The van der Waals surface area contributed by atoms with Crippen LogP contribution in [-0.4, -0.2) is 20.7 Å². The van der Waals surface area contributed by atoms with E-state index in [0.29, 0.717) is 17.7 Å². The molecule has 1 N–H and O–H groups in total. The number of aryl methyl sites for hydroxylation is 1. The topological polar surface area (TPSA) is 63.2 Å². The molecule has 0 heterocycles. The van der Waals surface area contributed by atoms with Gasteiger partial charge in [-0.25, -0.2) is 13.1 Å². The summed E-state index contributed by atoms with van der Waals surface area (Å²) in [6.45, 7) is 5.65. The number of Topliss-reactive ketones (excluding diaryl/α,β-unsaturated/α-hetero) is 1. The molecule has 19 heavy (non-hydrogen) atoms. The van der Waals surface area contributed by atoms with Crippen molar-refractivity contribution in [3.63, 3.8) is 0 Å². The van der Waals surface area contributed by atoms with E-state index < -0.39 is 10.0 Å². The summed E-state index contributed by atoms with van der Waals surface area (Å²) >= 11 is 0. The minimum Gasteiger partial charge on any atom is -0.295 e. The van der Waals surface area contributed by atoms with E-state index in [9.17, 15) is 13.2 Å². The molecule has 0 aliphatic rings. The van der Waals surface area contributed by atoms with E-state index in [1.165, 1.54) is 13.0 Å². The van der Waals surface area contributed by atoms with Crippen LogP contribution in [0.5, 0.6) is 0 Å². The molecule has 0 unspecified atom stereocenters. The Bertz CT molecular complexity index is 550. The molecule has 106 valence electrons. The molecule has 0 radical (unpaired) electrons. The highest BCUT2D eigenvalue weighted by Crippen LogP contribution is 2.17. The van der Waals surface area contributed by atoms with E-state index in [1.54, 1.807) is 19.1 Å². The molecule has 1 rings (SSSR count). The molecule has 0 atom stereocenters. The predicted molar refractivity (Wildman–Crippen MR) is 75.9 cm³/mol. The van der Waals surface area contributed by atoms with Crippen molar-refractivity contribution in [3.05, 3.63) is 29.3 Å². The maximum Gasteiger partial charge on any atom is 0.240 e. The van der Waals surface area contributed by atoms with E-state index >= 15 is 0 Å². The number of hydrogen-bond acceptors (Lipinski definition) is 3. The van der Waals surface area contributed by atoms with Gasteiger partial charge in [-0.3, -0.25) is 4.79 Å². The standard InChI is InChI=1S/C14H21NO3S/c1-4-5-6-9-15-19(17,18)14-10-13(12(3)16)8-7-11(14)2/h7-8,10,15H,4-6,9H2,1-3H3. The van der Waals surface area contributed by atoms with Crippen LogP contribution in [0.15, 0.2) is 23.1 Å². The van der Waals surface area contributed by atoms with Crippen LogP contribution in [0.4, 0.5) is 0 Å². The van der Waals surface area contributed by atoms with Crippen LogP contribution in [0.25, 0.3) is 0 Å². The SMILES string of the molecule is CCCCCNS(=O)(=O)c1cc(C(C)=O)ccc1C. The molecule has 0 aromatic heterocycles. The van der Waals surface area contributed by atoms with Crippen LogP contribution < -0.4 is 4.72 Å². The van der Waals surface area contributed by atoms with Gasteiger partial charge >= 0.3 is 0 Å². The third-order valence-electron chi connectivity index (χ3n) is 2.96. The highest BCUT2D eigenvalue weighted by atomic mass is 32.2. The fourth-order valence-corrected chi connectivity index (χ4v) is 3.11. The van der Waals surface area contributed by atoms with Gasteiger partial charge < -0.3 is 0 Å². The van der Waals surface area contributed by atoms with Gasteiger partial charge in [0.1, 0.15) is 0 Å². The zero-order chi connectivity index (χ0) is 14.5. The van der Waals surface area contributed by atoms with Gasteiger partial charge in [-0.1, -0.05) is 31.9 Å². The van der Waals surface area contributed by atoms with Crippen molar-refractivity contribution < 1.29 is 13.2 Å². The summed E-state index contributed by atoms with van der Waals surface area (Å²) in [6, 6.07) is 4.75. The summed E-state index contributed by atoms with van der Waals surface area (Å²) in [5.74, 6) is -0.137. The maximum absolute atomic E-state index is 12.2. The van der Waals surface area contributed by atoms with Crippen molar-refractivity contribution in [2.24, 2.45) is 0 Å². The number of benzene rings is 1. The van der Waals surface area contributed by atoms with Gasteiger partial charge in [-0.2, -0.15) is 0 Å². The molecule has 0 aliphatic carbocycles. The van der Waals surface area contributed by atoms with Crippen LogP contribution >= 0.6 is 0 Å². The molecule has 1 aromatic carbocycles. The van der Waals surface area contributed by atoms with Gasteiger partial charge in [0.05, 0.1) is 4.90 Å². The van der Waals surface area contributed by atoms with Crippen molar-refractivity contribution in [3.8, 4) is 0 Å². The Morgan fingerprint density at radius 3 is 2.53 bits per heavy atom. The second-order valence-corrected chi connectivity index (χ2v) is 6.38. The lowest BCUT2D eigenvalue weighted by Crippen LogP contribution is -2.25. The Morgan fingerprint density at radius 2 is 1.95 bits per heavy atom. The number of carbonyl (C=O) groups is 1. The molecule has 0 bridgehead atoms. The van der Waals surface area contributed by atoms with E-state index in [4.69, 9.17) is 0 Å². The van der Waals surface area contributed by atoms with E-state index in [2.05, 4.69) is 11.6 Å². The lowest BCUT2D eigenvalue weighted by Gasteiger charge is -2.10. The molecule has 4 nitrogen and oxygen atoms in total. The first-order valence-electron chi connectivity index (χ1n) is 6.49. The average Bonchev–Trinajstić information content (AvgIpc) is 2.34. The Labute approximate surface area is 115 Å². The fraction of sp³-hybridized carbons (Fsp3) is 0.500. The quantitative estimate of drug-likeness (QED) is 0.618. The number of ketones is 1. The molecular weight excluding hydrogens is 262 g/mol. The molecule has 1 aromatic rings. The van der Waals surface area contributed by atoms with E-state index in [0.717, 1.165) is 19.3 Å². The molecule has 0 saturated carbocycles. The lowest BCUT2D eigenvalue weighted by molar-refractivity contribution is 0.101. The number of nitrogens with one attached hydrogen (secondary N) is 1. The molecular formula is C14H21NO3S. The van der Waals surface area contributed by atoms with Crippen LogP contribution in [0, 0.1) is 6.92 Å². The normalized spacial score (nSPS) is 11.5. The highest BCUT2D eigenvalue weighted by molar-refractivity contribution is 7.89. The minimum atomic E-state index is -3.53. The van der Waals surface area contributed by atoms with Gasteiger partial charge in [0.25, 0.3) is 0 Å². The summed E-state index contributed by atoms with van der Waals surface area (Å²) in [5.41, 5.74) is 1.06. The van der Waals surface area contributed by atoms with Crippen molar-refractivity contribution in [1.29, 1.82) is 0 Å². The van der Waals surface area contributed by atoms with Crippen LogP contribution in [0.3, 0.4) is 0 Å². The summed E-state index contributed by atoms with van der Waals surface area (Å²) in [5, 5.41) is 0. The Kier molecular flexibility index (Phi) is 5.69. The number of rotatable bonds is 7. The van der Waals surface area contributed by atoms with Crippen molar-refractivity contribution in [2.75, 3.05) is 6.54 Å². The molecule has 0 spiro atoms. The zero-order valence-corrected chi connectivity index (χ0v) is 12.5. The fourth-order valence-electron chi connectivity index (χ4n) is 1.77. The van der Waals surface area contributed by atoms with Gasteiger partial charge in [0.15, 0.2) is 5.78 Å². The summed E-state index contributed by atoms with van der Waals surface area (Å²) in [6.07, 6.45) is 2.86. The second-order valence-electron chi connectivity index (χ2n) is 4.64. The maximum atomic E-state index is 12.2. The number of hydrogen-bond donors (Lipinski definition) is 1. The second kappa shape index (κ2) is 6.82. The monoisotopic (exact) mass is 283 g/mol. The first-order chi connectivity index (χ1) is 8.88. The third-order valence-corrected chi connectivity index (χ3v) is 4.56. The van der Waals surface area contributed by atoms with Gasteiger partial charge in [0.2, 0.25) is 10.0 Å². The minimum absolute atomic E-state index is 0.137. The molecule has 0 saturated heterocycles. The zero-order valence-electron chi connectivity index (χ0n) is 11.7. The molecule has 0 aliphatic heterocycles. The van der Waals surface area contributed by atoms with Gasteiger partial charge in [0, 0.05) is 12.1 Å². The third kappa shape index (κ3) is 4.44. The first kappa shape index (κ1) is 15.9. The molecule has 5 heteroatoms. The lowest BCUT2D eigenvalue weighted by atomic mass is 10.1. The Morgan fingerprint density at radius 1 is 1.26 bits per heavy atom.